The fourth-order valence-corrected chi connectivity index (χ4v) is 10.2. The number of allylic oxidation sites excluding steroid dienone is 17. The Balaban J connectivity index is 5.10. The summed E-state index contributed by atoms with van der Waals surface area (Å²) in [6.45, 7) is 6.82. The minimum atomic E-state index is -4.48. The summed E-state index contributed by atoms with van der Waals surface area (Å²) in [5, 5.41) is 3.01. The van der Waals surface area contributed by atoms with E-state index in [4.69, 9.17) is 13.8 Å². The average molecular weight is 1180 g/mol. The van der Waals surface area contributed by atoms with Crippen LogP contribution >= 0.6 is 7.82 Å². The molecule has 0 radical (unpaired) electrons. The van der Waals surface area contributed by atoms with E-state index in [1.165, 1.54) is 167 Å². The molecule has 0 saturated heterocycles. The van der Waals surface area contributed by atoms with E-state index in [0.717, 1.165) is 83.5 Å². The zero-order valence-corrected chi connectivity index (χ0v) is 55.6. The van der Waals surface area contributed by atoms with Crippen LogP contribution in [0, 0.1) is 0 Å². The van der Waals surface area contributed by atoms with E-state index in [1.807, 2.05) is 39.4 Å². The molecule has 83 heavy (non-hydrogen) atoms. The summed E-state index contributed by atoms with van der Waals surface area (Å²) in [5.74, 6) is -0.602. The average Bonchev–Trinajstić information content (AvgIpc) is 3.52. The zero-order chi connectivity index (χ0) is 60.7. The molecule has 3 unspecified atom stereocenters. The molecule has 0 aromatic heterocycles. The van der Waals surface area contributed by atoms with Crippen molar-refractivity contribution in [3.8, 4) is 0 Å². The molecule has 10 heteroatoms. The number of unbranched alkanes of at least 4 members (excludes halogenated alkanes) is 29. The molecule has 9 nitrogen and oxygen atoms in total. The molecule has 1 amide bonds. The van der Waals surface area contributed by atoms with Crippen LogP contribution in [0.25, 0.3) is 0 Å². The summed E-state index contributed by atoms with van der Waals surface area (Å²) in [6.07, 6.45) is 85.6. The molecule has 0 fully saturated rings. The summed E-state index contributed by atoms with van der Waals surface area (Å²) < 4.78 is 30.7. The molecule has 0 saturated carbocycles. The van der Waals surface area contributed by atoms with Gasteiger partial charge >= 0.3 is 13.8 Å². The number of phosphoric acid groups is 1. The molecular weight excluding hydrogens is 1050 g/mol. The predicted molar refractivity (Wildman–Crippen MR) is 360 cm³/mol. The Morgan fingerprint density at radius 3 is 1.20 bits per heavy atom. The third-order valence-corrected chi connectivity index (χ3v) is 15.7. The molecule has 0 heterocycles. The fourth-order valence-electron chi connectivity index (χ4n) is 9.46. The third-order valence-electron chi connectivity index (χ3n) is 14.7. The molecule has 0 bridgehead atoms. The molecule has 478 valence electrons. The lowest BCUT2D eigenvalue weighted by molar-refractivity contribution is -0.870. The smallest absolute Gasteiger partial charge is 0.456 e. The van der Waals surface area contributed by atoms with Crippen LogP contribution in [0.4, 0.5) is 0 Å². The van der Waals surface area contributed by atoms with Crippen molar-refractivity contribution in [3.05, 3.63) is 109 Å². The van der Waals surface area contributed by atoms with Gasteiger partial charge in [-0.05, 0) is 102 Å². The Labute approximate surface area is 512 Å². The van der Waals surface area contributed by atoms with E-state index in [0.29, 0.717) is 17.4 Å². The lowest BCUT2D eigenvalue weighted by Gasteiger charge is -2.27. The summed E-state index contributed by atoms with van der Waals surface area (Å²) in [6, 6.07) is -0.894. The topological polar surface area (TPSA) is 111 Å². The summed E-state index contributed by atoms with van der Waals surface area (Å²) in [7, 11) is 1.44. The first-order chi connectivity index (χ1) is 40.4. The van der Waals surface area contributed by atoms with Gasteiger partial charge in [0.05, 0.1) is 33.8 Å². The number of nitrogens with zero attached hydrogens (tertiary/aromatic N) is 1. The first kappa shape index (κ1) is 79.7. The van der Waals surface area contributed by atoms with E-state index in [9.17, 15) is 19.0 Å². The monoisotopic (exact) mass is 1180 g/mol. The molecule has 0 spiro atoms. The Kier molecular flexibility index (Phi) is 59.3. The van der Waals surface area contributed by atoms with Crippen molar-refractivity contribution >= 4 is 19.7 Å². The number of ether oxygens (including phenoxy) is 1. The van der Waals surface area contributed by atoms with Crippen LogP contribution in [0.2, 0.25) is 0 Å². The highest BCUT2D eigenvalue weighted by molar-refractivity contribution is 7.47. The molecule has 0 aromatic rings. The number of carbonyl (C=O) groups excluding carboxylic acids is 2. The molecule has 0 aliphatic rings. The first-order valence-electron chi connectivity index (χ1n) is 34.2. The predicted octanol–water partition coefficient (Wildman–Crippen LogP) is 21.7. The highest BCUT2D eigenvalue weighted by atomic mass is 31.2. The highest BCUT2D eigenvalue weighted by Crippen LogP contribution is 2.43. The number of amides is 1. The third kappa shape index (κ3) is 63.0. The van der Waals surface area contributed by atoms with Gasteiger partial charge in [0.25, 0.3) is 0 Å². The fraction of sp³-hybridized carbons (Fsp3) is 0.726. The summed E-state index contributed by atoms with van der Waals surface area (Å²) in [5.41, 5.74) is 0. The number of phosphoric ester groups is 1. The number of rotatable bonds is 61. The van der Waals surface area contributed by atoms with Gasteiger partial charge in [0, 0.05) is 12.8 Å². The van der Waals surface area contributed by atoms with E-state index < -0.39 is 20.0 Å². The standard InChI is InChI=1S/C73H129N2O7P/c1-7-10-13-16-19-22-25-27-29-31-33-34-35-36-37-38-39-40-42-44-46-48-51-54-57-60-63-66-73(77)82-71(64-61-58-55-52-49-24-21-18-15-12-9-3)70(69-81-83(78,79)80-68-67-75(4,5)6)74-72(76)65-62-59-56-53-50-47-45-43-41-32-30-28-26-23-20-17-14-11-8-2/h11,14,19-20,22-23,27-30,41,43,47,50,56,59,61,64,70-71H,7-10,12-13,15-18,21,24-26,31-40,42,44-46,48-49,51-55,57-58,60,62-63,65-69H2,1-6H3,(H-,74,76,78,79)/p+1/b14-11-,22-19-,23-20-,29-27-,30-28-,43-41-,50-47-,59-56-,64-61-. The van der Waals surface area contributed by atoms with Crippen molar-refractivity contribution in [2.45, 2.75) is 303 Å². The van der Waals surface area contributed by atoms with Crippen LogP contribution in [-0.4, -0.2) is 74.3 Å². The maximum Gasteiger partial charge on any atom is 0.472 e. The Bertz CT molecular complexity index is 1790. The van der Waals surface area contributed by atoms with Gasteiger partial charge < -0.3 is 19.4 Å². The number of carbonyl (C=O) groups is 2. The zero-order valence-electron chi connectivity index (χ0n) is 54.7. The van der Waals surface area contributed by atoms with Crippen LogP contribution in [-0.2, 0) is 27.9 Å². The maximum atomic E-state index is 13.5. The first-order valence-corrected chi connectivity index (χ1v) is 35.7. The normalized spacial score (nSPS) is 14.3. The highest BCUT2D eigenvalue weighted by Gasteiger charge is 2.30. The van der Waals surface area contributed by atoms with Crippen molar-refractivity contribution in [2.75, 3.05) is 40.9 Å². The SMILES string of the molecule is CC/C=C\C/C=C\C/C=C\C/C=C\C/C=C\C/C=C\CCC(=O)NC(COP(=O)(O)OCC[N+](C)(C)C)C(/C=C\CCCCCCCCCCC)OC(=O)CCCCCCCCCCCCCCCCCCC/C=C\C/C=C\CCCCC. The van der Waals surface area contributed by atoms with Crippen molar-refractivity contribution < 1.29 is 37.3 Å². The second-order valence-electron chi connectivity index (χ2n) is 24.0. The number of hydrogen-bond donors (Lipinski definition) is 2. The van der Waals surface area contributed by atoms with Crippen LogP contribution in [0.1, 0.15) is 290 Å². The van der Waals surface area contributed by atoms with Gasteiger partial charge in [-0.25, -0.2) is 4.57 Å². The molecule has 0 aromatic carbocycles. The summed E-state index contributed by atoms with van der Waals surface area (Å²) in [4.78, 5) is 37.8. The van der Waals surface area contributed by atoms with E-state index in [1.54, 1.807) is 0 Å². The lowest BCUT2D eigenvalue weighted by Crippen LogP contribution is -2.47. The molecule has 3 atom stereocenters. The lowest BCUT2D eigenvalue weighted by atomic mass is 10.0. The molecule has 0 aliphatic carbocycles. The van der Waals surface area contributed by atoms with E-state index in [2.05, 4.69) is 117 Å². The Morgan fingerprint density at radius 1 is 0.434 bits per heavy atom. The second kappa shape index (κ2) is 61.7. The van der Waals surface area contributed by atoms with Gasteiger partial charge in [0.1, 0.15) is 19.3 Å². The van der Waals surface area contributed by atoms with Crippen LogP contribution in [0.5, 0.6) is 0 Å². The van der Waals surface area contributed by atoms with Crippen molar-refractivity contribution in [1.82, 2.24) is 5.32 Å². The maximum absolute atomic E-state index is 13.5. The number of likely N-dealkylation sites (N-methyl/N-ethyl adjacent to an activating group) is 1. The molecule has 2 N–H and O–H groups in total. The number of quaternary nitrogens is 1. The molecule has 0 rings (SSSR count). The van der Waals surface area contributed by atoms with Crippen molar-refractivity contribution in [1.29, 1.82) is 0 Å². The van der Waals surface area contributed by atoms with Crippen LogP contribution in [0.15, 0.2) is 109 Å². The second-order valence-corrected chi connectivity index (χ2v) is 25.4. The van der Waals surface area contributed by atoms with E-state index in [-0.39, 0.29) is 37.9 Å². The Hall–Kier alpha value is -3.33. The van der Waals surface area contributed by atoms with Crippen molar-refractivity contribution in [2.24, 2.45) is 0 Å². The number of nitrogens with one attached hydrogen (secondary N) is 1. The summed E-state index contributed by atoms with van der Waals surface area (Å²) >= 11 is 0. The molecule has 0 aliphatic heterocycles. The van der Waals surface area contributed by atoms with Crippen LogP contribution in [0.3, 0.4) is 0 Å². The van der Waals surface area contributed by atoms with Gasteiger partial charge in [-0.15, -0.1) is 0 Å². The van der Waals surface area contributed by atoms with Gasteiger partial charge in [-0.2, -0.15) is 0 Å². The molecular formula is C73H130N2O7P+. The van der Waals surface area contributed by atoms with Gasteiger partial charge in [-0.1, -0.05) is 285 Å². The van der Waals surface area contributed by atoms with Gasteiger partial charge in [-0.3, -0.25) is 18.6 Å². The largest absolute Gasteiger partial charge is 0.472 e. The van der Waals surface area contributed by atoms with Gasteiger partial charge in [0.15, 0.2) is 0 Å². The minimum absolute atomic E-state index is 0.0227. The van der Waals surface area contributed by atoms with E-state index >= 15 is 0 Å². The number of hydrogen-bond acceptors (Lipinski definition) is 6. The van der Waals surface area contributed by atoms with Crippen LogP contribution < -0.4 is 5.32 Å². The van der Waals surface area contributed by atoms with Gasteiger partial charge in [0.2, 0.25) is 5.91 Å². The van der Waals surface area contributed by atoms with Crippen molar-refractivity contribution in [3.63, 3.8) is 0 Å². The Morgan fingerprint density at radius 2 is 0.783 bits per heavy atom. The quantitative estimate of drug-likeness (QED) is 0.0205. The number of esters is 1. The minimum Gasteiger partial charge on any atom is -0.456 e.